The van der Waals surface area contributed by atoms with Crippen molar-refractivity contribution in [2.24, 2.45) is 11.8 Å². The van der Waals surface area contributed by atoms with Gasteiger partial charge in [0.15, 0.2) is 0 Å². The van der Waals surface area contributed by atoms with E-state index in [1.807, 2.05) is 0 Å². The predicted molar refractivity (Wildman–Crippen MR) is 55.2 cm³/mol. The first kappa shape index (κ1) is 12.5. The van der Waals surface area contributed by atoms with Crippen LogP contribution in [0.5, 0.6) is 0 Å². The van der Waals surface area contributed by atoms with Gasteiger partial charge in [-0.2, -0.15) is 0 Å². The zero-order valence-corrected chi connectivity index (χ0v) is 9.99. The summed E-state index contributed by atoms with van der Waals surface area (Å²) in [4.78, 5) is 22.4. The van der Waals surface area contributed by atoms with E-state index in [1.54, 1.807) is 0 Å². The minimum atomic E-state index is -1.13. The largest absolute Gasteiger partial charge is 0.550 e. The Hall–Kier alpha value is -0.580. The number of esters is 1. The molecule has 1 fully saturated rings. The number of alkyl halides is 1. The fraction of sp³-hybridized carbons (Fsp3) is 0.800. The topological polar surface area (TPSA) is 66.4 Å². The first-order valence-corrected chi connectivity index (χ1v) is 6.22. The Morgan fingerprint density at radius 1 is 1.27 bits per heavy atom. The molecule has 0 spiro atoms. The number of hydrogen-bond acceptors (Lipinski definition) is 4. The lowest BCUT2D eigenvalue weighted by molar-refractivity contribution is -0.314. The molecule has 1 aliphatic carbocycles. The minimum absolute atomic E-state index is 0.287. The standard InChI is InChI=1S/C10H15BrO4/c11-5-6-15-10(14)8-4-2-1-3-7(8)9(12)13/h7-8H,1-6H2,(H,12,13)/p-1/t7-,8-/m1/s1. The van der Waals surface area contributed by atoms with Crippen molar-refractivity contribution >= 4 is 27.9 Å². The van der Waals surface area contributed by atoms with Gasteiger partial charge in [-0.05, 0) is 12.8 Å². The van der Waals surface area contributed by atoms with Gasteiger partial charge in [0, 0.05) is 17.2 Å². The second-order valence-corrected chi connectivity index (χ2v) is 4.47. The van der Waals surface area contributed by atoms with Crippen molar-refractivity contribution in [2.45, 2.75) is 25.7 Å². The van der Waals surface area contributed by atoms with Crippen molar-refractivity contribution in [1.82, 2.24) is 0 Å². The van der Waals surface area contributed by atoms with E-state index in [-0.39, 0.29) is 6.61 Å². The zero-order chi connectivity index (χ0) is 11.3. The Labute approximate surface area is 97.1 Å². The lowest BCUT2D eigenvalue weighted by atomic mass is 9.79. The molecule has 1 aliphatic rings. The number of carbonyl (C=O) groups excluding carboxylic acids is 2. The Balaban J connectivity index is 2.55. The van der Waals surface area contributed by atoms with E-state index < -0.39 is 23.8 Å². The molecule has 0 N–H and O–H groups in total. The van der Waals surface area contributed by atoms with Gasteiger partial charge < -0.3 is 14.6 Å². The Morgan fingerprint density at radius 3 is 2.40 bits per heavy atom. The monoisotopic (exact) mass is 277 g/mol. The number of rotatable bonds is 4. The molecule has 86 valence electrons. The molecule has 0 bridgehead atoms. The van der Waals surface area contributed by atoms with Gasteiger partial charge >= 0.3 is 5.97 Å². The molecule has 0 saturated heterocycles. The maximum absolute atomic E-state index is 11.5. The number of aliphatic carboxylic acids is 1. The molecular weight excluding hydrogens is 264 g/mol. The Morgan fingerprint density at radius 2 is 1.87 bits per heavy atom. The highest BCUT2D eigenvalue weighted by Crippen LogP contribution is 2.30. The molecule has 0 unspecified atom stereocenters. The van der Waals surface area contributed by atoms with Crippen LogP contribution in [0.3, 0.4) is 0 Å². The van der Waals surface area contributed by atoms with Gasteiger partial charge in [-0.15, -0.1) is 0 Å². The number of carbonyl (C=O) groups is 2. The molecule has 0 aliphatic heterocycles. The fourth-order valence-electron chi connectivity index (χ4n) is 1.94. The highest BCUT2D eigenvalue weighted by molar-refractivity contribution is 9.09. The highest BCUT2D eigenvalue weighted by Gasteiger charge is 2.32. The van der Waals surface area contributed by atoms with E-state index in [9.17, 15) is 14.7 Å². The van der Waals surface area contributed by atoms with Crippen LogP contribution >= 0.6 is 15.9 Å². The summed E-state index contributed by atoms with van der Waals surface area (Å²) in [7, 11) is 0. The summed E-state index contributed by atoms with van der Waals surface area (Å²) in [5, 5.41) is 11.4. The van der Waals surface area contributed by atoms with Crippen LogP contribution in [-0.4, -0.2) is 23.9 Å². The molecule has 0 aromatic heterocycles. The number of hydrogen-bond donors (Lipinski definition) is 0. The Kier molecular flexibility index (Phi) is 5.08. The molecule has 0 aromatic carbocycles. The average Bonchev–Trinajstić information content (AvgIpc) is 2.25. The van der Waals surface area contributed by atoms with E-state index >= 15 is 0 Å². The molecule has 15 heavy (non-hydrogen) atoms. The van der Waals surface area contributed by atoms with Crippen LogP contribution in [0.4, 0.5) is 0 Å². The highest BCUT2D eigenvalue weighted by atomic mass is 79.9. The van der Waals surface area contributed by atoms with Crippen molar-refractivity contribution in [2.75, 3.05) is 11.9 Å². The summed E-state index contributed by atoms with van der Waals surface area (Å²) in [5.41, 5.74) is 0. The average molecular weight is 278 g/mol. The maximum atomic E-state index is 11.5. The van der Waals surface area contributed by atoms with Crippen molar-refractivity contribution in [1.29, 1.82) is 0 Å². The molecule has 1 saturated carbocycles. The van der Waals surface area contributed by atoms with Gasteiger partial charge in [-0.1, -0.05) is 28.8 Å². The third-order valence-corrected chi connectivity index (χ3v) is 3.02. The van der Waals surface area contributed by atoms with Crippen molar-refractivity contribution < 1.29 is 19.4 Å². The molecule has 0 radical (unpaired) electrons. The van der Waals surface area contributed by atoms with Gasteiger partial charge in [-0.25, -0.2) is 0 Å². The first-order chi connectivity index (χ1) is 7.16. The summed E-state index contributed by atoms with van der Waals surface area (Å²) in [6.07, 6.45) is 2.86. The smallest absolute Gasteiger partial charge is 0.309 e. The second kappa shape index (κ2) is 6.10. The SMILES string of the molecule is O=C([O-])[C@@H]1CCCC[C@H]1C(=O)OCCBr. The van der Waals surface area contributed by atoms with Gasteiger partial charge in [0.2, 0.25) is 0 Å². The molecule has 4 nitrogen and oxygen atoms in total. The Bertz CT molecular complexity index is 242. The molecular formula is C10H14BrO4-. The van der Waals surface area contributed by atoms with E-state index in [1.165, 1.54) is 0 Å². The normalized spacial score (nSPS) is 25.9. The number of carboxylic acids is 1. The molecule has 0 heterocycles. The molecule has 0 amide bonds. The minimum Gasteiger partial charge on any atom is -0.550 e. The predicted octanol–water partition coefficient (Wildman–Crippen LogP) is 0.481. The van der Waals surface area contributed by atoms with Crippen LogP contribution in [0, 0.1) is 11.8 Å². The van der Waals surface area contributed by atoms with Crippen molar-refractivity contribution in [3.8, 4) is 0 Å². The van der Waals surface area contributed by atoms with Gasteiger partial charge in [-0.3, -0.25) is 4.79 Å². The maximum Gasteiger partial charge on any atom is 0.309 e. The van der Waals surface area contributed by atoms with Gasteiger partial charge in [0.25, 0.3) is 0 Å². The van der Waals surface area contributed by atoms with E-state index in [0.717, 1.165) is 12.8 Å². The summed E-state index contributed by atoms with van der Waals surface area (Å²) >= 11 is 3.14. The van der Waals surface area contributed by atoms with Gasteiger partial charge in [0.1, 0.15) is 6.61 Å². The third-order valence-electron chi connectivity index (χ3n) is 2.69. The van der Waals surface area contributed by atoms with E-state index in [4.69, 9.17) is 4.74 Å². The van der Waals surface area contributed by atoms with Crippen LogP contribution in [0.1, 0.15) is 25.7 Å². The zero-order valence-electron chi connectivity index (χ0n) is 8.41. The number of ether oxygens (including phenoxy) is 1. The number of halogens is 1. The molecule has 0 aromatic rings. The fourth-order valence-corrected chi connectivity index (χ4v) is 2.10. The first-order valence-electron chi connectivity index (χ1n) is 5.10. The van der Waals surface area contributed by atoms with E-state index in [2.05, 4.69) is 15.9 Å². The van der Waals surface area contributed by atoms with Crippen molar-refractivity contribution in [3.05, 3.63) is 0 Å². The summed E-state index contributed by atoms with van der Waals surface area (Å²) in [6, 6.07) is 0. The summed E-state index contributed by atoms with van der Waals surface area (Å²) < 4.78 is 4.93. The third kappa shape index (κ3) is 3.48. The molecule has 2 atom stereocenters. The van der Waals surface area contributed by atoms with Crippen LogP contribution in [0.15, 0.2) is 0 Å². The lowest BCUT2D eigenvalue weighted by Gasteiger charge is -2.30. The van der Waals surface area contributed by atoms with Crippen molar-refractivity contribution in [3.63, 3.8) is 0 Å². The van der Waals surface area contributed by atoms with Crippen LogP contribution in [0.2, 0.25) is 0 Å². The van der Waals surface area contributed by atoms with Crippen LogP contribution < -0.4 is 5.11 Å². The molecule has 5 heteroatoms. The number of carboxylic acid groups (broad SMARTS) is 1. The molecule has 1 rings (SSSR count). The quantitative estimate of drug-likeness (QED) is 0.554. The van der Waals surface area contributed by atoms with Gasteiger partial charge in [0.05, 0.1) is 5.92 Å². The summed E-state index contributed by atoms with van der Waals surface area (Å²) in [5.74, 6) is -2.71. The van der Waals surface area contributed by atoms with E-state index in [0.29, 0.717) is 18.2 Å². The van der Waals surface area contributed by atoms with Crippen LogP contribution in [0.25, 0.3) is 0 Å². The second-order valence-electron chi connectivity index (χ2n) is 3.67. The van der Waals surface area contributed by atoms with Crippen LogP contribution in [-0.2, 0) is 14.3 Å². The lowest BCUT2D eigenvalue weighted by Crippen LogP contribution is -2.41. The summed E-state index contributed by atoms with van der Waals surface area (Å²) in [6.45, 7) is 0.287.